The number of para-hydroxylation sites is 2. The molecule has 0 aliphatic carbocycles. The Bertz CT molecular complexity index is 1370. The Morgan fingerprint density at radius 1 is 1.00 bits per heavy atom. The predicted molar refractivity (Wildman–Crippen MR) is 139 cm³/mol. The van der Waals surface area contributed by atoms with Crippen LogP contribution in [-0.2, 0) is 4.74 Å². The van der Waals surface area contributed by atoms with Crippen LogP contribution in [-0.4, -0.2) is 70.4 Å². The lowest BCUT2D eigenvalue weighted by Crippen LogP contribution is -2.41. The first-order valence-electron chi connectivity index (χ1n) is 11.6. The third kappa shape index (κ3) is 5.82. The third-order valence-corrected chi connectivity index (χ3v) is 6.42. The summed E-state index contributed by atoms with van der Waals surface area (Å²) in [6, 6.07) is 14.4. The van der Waals surface area contributed by atoms with Crippen LogP contribution in [0.2, 0.25) is 0 Å². The summed E-state index contributed by atoms with van der Waals surface area (Å²) >= 11 is 1.15. The smallest absolute Gasteiger partial charge is 0.260 e. The standard InChI is InChI=1S/C25H25N7O3S/c33-23(26-8-9-32-10-12-35-13-11-32)17-4-3-5-18(14-17)29-24(34)19-15-28-36-25(19)31-22-16-27-20-6-1-2-7-21(20)30-22/h1-7,14-16H,8-13H2,(H,26,33)(H,29,34)(H,30,31). The SMILES string of the molecule is O=C(NCCN1CCOCC1)c1cccc(NC(=O)c2cnsc2Nc2cnc3ccccc3n2)c1. The summed E-state index contributed by atoms with van der Waals surface area (Å²) in [4.78, 5) is 36.8. The molecule has 1 aliphatic heterocycles. The molecule has 0 bridgehead atoms. The highest BCUT2D eigenvalue weighted by Crippen LogP contribution is 2.26. The molecule has 2 aromatic carbocycles. The van der Waals surface area contributed by atoms with Gasteiger partial charge in [0, 0.05) is 37.4 Å². The van der Waals surface area contributed by atoms with Gasteiger partial charge >= 0.3 is 0 Å². The van der Waals surface area contributed by atoms with Gasteiger partial charge in [-0.15, -0.1) is 0 Å². The quantitative estimate of drug-likeness (QED) is 0.335. The second kappa shape index (κ2) is 11.2. The van der Waals surface area contributed by atoms with E-state index < -0.39 is 0 Å². The number of amides is 2. The third-order valence-electron chi connectivity index (χ3n) is 5.71. The number of hydrogen-bond acceptors (Lipinski definition) is 9. The number of ether oxygens (including phenoxy) is 1. The van der Waals surface area contributed by atoms with Crippen molar-refractivity contribution < 1.29 is 14.3 Å². The number of morpholine rings is 1. The van der Waals surface area contributed by atoms with Gasteiger partial charge in [-0.3, -0.25) is 19.5 Å². The Morgan fingerprint density at radius 3 is 2.69 bits per heavy atom. The molecule has 2 amide bonds. The van der Waals surface area contributed by atoms with Gasteiger partial charge < -0.3 is 20.7 Å². The molecule has 1 fully saturated rings. The Hall–Kier alpha value is -3.93. The lowest BCUT2D eigenvalue weighted by molar-refractivity contribution is 0.0383. The lowest BCUT2D eigenvalue weighted by Gasteiger charge is -2.26. The zero-order valence-electron chi connectivity index (χ0n) is 19.4. The summed E-state index contributed by atoms with van der Waals surface area (Å²) < 4.78 is 9.50. The van der Waals surface area contributed by atoms with E-state index in [2.05, 4.69) is 35.2 Å². The van der Waals surface area contributed by atoms with Crippen LogP contribution in [0.5, 0.6) is 0 Å². The Kier molecular flexibility index (Phi) is 7.41. The average molecular weight is 504 g/mol. The number of anilines is 3. The van der Waals surface area contributed by atoms with Crippen LogP contribution in [0.15, 0.2) is 60.9 Å². The van der Waals surface area contributed by atoms with Gasteiger partial charge in [-0.2, -0.15) is 4.37 Å². The molecule has 2 aromatic heterocycles. The molecule has 184 valence electrons. The number of hydrogen-bond donors (Lipinski definition) is 3. The fraction of sp³-hybridized carbons (Fsp3) is 0.240. The second-order valence-electron chi connectivity index (χ2n) is 8.18. The molecule has 3 N–H and O–H groups in total. The van der Waals surface area contributed by atoms with Crippen molar-refractivity contribution in [2.24, 2.45) is 0 Å². The van der Waals surface area contributed by atoms with Crippen molar-refractivity contribution in [1.82, 2.24) is 24.6 Å². The van der Waals surface area contributed by atoms with E-state index in [1.54, 1.807) is 30.5 Å². The first-order valence-corrected chi connectivity index (χ1v) is 12.4. The largest absolute Gasteiger partial charge is 0.379 e. The van der Waals surface area contributed by atoms with Crippen LogP contribution in [0, 0.1) is 0 Å². The monoisotopic (exact) mass is 503 g/mol. The average Bonchev–Trinajstić information content (AvgIpc) is 3.37. The van der Waals surface area contributed by atoms with E-state index in [1.165, 1.54) is 6.20 Å². The van der Waals surface area contributed by atoms with Crippen LogP contribution in [0.3, 0.4) is 0 Å². The minimum absolute atomic E-state index is 0.186. The first-order chi connectivity index (χ1) is 17.7. The molecule has 1 saturated heterocycles. The lowest BCUT2D eigenvalue weighted by atomic mass is 10.2. The summed E-state index contributed by atoms with van der Waals surface area (Å²) in [5.74, 6) is -0.0126. The van der Waals surface area contributed by atoms with Crippen molar-refractivity contribution in [3.05, 3.63) is 72.1 Å². The predicted octanol–water partition coefficient (Wildman–Crippen LogP) is 3.14. The van der Waals surface area contributed by atoms with Crippen LogP contribution in [0.4, 0.5) is 16.5 Å². The van der Waals surface area contributed by atoms with E-state index in [-0.39, 0.29) is 11.8 Å². The number of nitrogens with one attached hydrogen (secondary N) is 3. The van der Waals surface area contributed by atoms with Gasteiger partial charge in [0.15, 0.2) is 0 Å². The maximum atomic E-state index is 13.0. The van der Waals surface area contributed by atoms with E-state index in [4.69, 9.17) is 4.74 Å². The summed E-state index contributed by atoms with van der Waals surface area (Å²) in [6.07, 6.45) is 3.11. The zero-order chi connectivity index (χ0) is 24.7. The Labute approximate surface area is 211 Å². The molecule has 0 unspecified atom stereocenters. The van der Waals surface area contributed by atoms with Gasteiger partial charge in [0.2, 0.25) is 0 Å². The molecule has 11 heteroatoms. The van der Waals surface area contributed by atoms with E-state index in [0.29, 0.717) is 34.2 Å². The molecule has 10 nitrogen and oxygen atoms in total. The van der Waals surface area contributed by atoms with E-state index in [0.717, 1.165) is 55.4 Å². The minimum atomic E-state index is -0.343. The summed E-state index contributed by atoms with van der Waals surface area (Å²) in [5.41, 5.74) is 2.90. The summed E-state index contributed by atoms with van der Waals surface area (Å²) in [5, 5.41) is 9.48. The maximum Gasteiger partial charge on any atom is 0.260 e. The number of carbonyl (C=O) groups is 2. The molecule has 3 heterocycles. The van der Waals surface area contributed by atoms with Crippen LogP contribution in [0.1, 0.15) is 20.7 Å². The van der Waals surface area contributed by atoms with Crippen molar-refractivity contribution in [3.8, 4) is 0 Å². The van der Waals surface area contributed by atoms with Gasteiger partial charge in [0.05, 0.1) is 42.2 Å². The summed E-state index contributed by atoms with van der Waals surface area (Å²) in [6.45, 7) is 4.51. The molecule has 36 heavy (non-hydrogen) atoms. The minimum Gasteiger partial charge on any atom is -0.379 e. The number of rotatable bonds is 8. The van der Waals surface area contributed by atoms with Gasteiger partial charge in [-0.05, 0) is 41.9 Å². The molecule has 4 aromatic rings. The first kappa shape index (κ1) is 23.8. The molecule has 5 rings (SSSR count). The normalized spacial score (nSPS) is 13.9. The van der Waals surface area contributed by atoms with Gasteiger partial charge in [-0.1, -0.05) is 18.2 Å². The van der Waals surface area contributed by atoms with Crippen LogP contribution < -0.4 is 16.0 Å². The zero-order valence-corrected chi connectivity index (χ0v) is 20.3. The fourth-order valence-corrected chi connectivity index (χ4v) is 4.47. The van der Waals surface area contributed by atoms with Crippen molar-refractivity contribution >= 4 is 50.9 Å². The molecule has 0 radical (unpaired) electrons. The highest BCUT2D eigenvalue weighted by Gasteiger charge is 2.17. The highest BCUT2D eigenvalue weighted by atomic mass is 32.1. The van der Waals surface area contributed by atoms with Gasteiger partial charge in [0.25, 0.3) is 11.8 Å². The van der Waals surface area contributed by atoms with Crippen LogP contribution >= 0.6 is 11.5 Å². The number of nitrogens with zero attached hydrogens (tertiary/aromatic N) is 4. The number of benzene rings is 2. The second-order valence-corrected chi connectivity index (χ2v) is 8.98. The van der Waals surface area contributed by atoms with Crippen LogP contribution in [0.25, 0.3) is 11.0 Å². The molecular formula is C25H25N7O3S. The van der Waals surface area contributed by atoms with E-state index in [1.807, 2.05) is 24.3 Å². The number of fused-ring (bicyclic) bond motifs is 1. The fourth-order valence-electron chi connectivity index (χ4n) is 3.82. The maximum absolute atomic E-state index is 13.0. The van der Waals surface area contributed by atoms with Crippen molar-refractivity contribution in [2.75, 3.05) is 50.0 Å². The molecule has 0 spiro atoms. The molecule has 0 atom stereocenters. The topological polar surface area (TPSA) is 121 Å². The number of aromatic nitrogens is 3. The van der Waals surface area contributed by atoms with E-state index in [9.17, 15) is 9.59 Å². The Balaban J connectivity index is 1.20. The Morgan fingerprint density at radius 2 is 1.83 bits per heavy atom. The molecular weight excluding hydrogens is 478 g/mol. The highest BCUT2D eigenvalue weighted by molar-refractivity contribution is 7.10. The number of carbonyl (C=O) groups excluding carboxylic acids is 2. The summed E-state index contributed by atoms with van der Waals surface area (Å²) in [7, 11) is 0. The van der Waals surface area contributed by atoms with Crippen molar-refractivity contribution in [2.45, 2.75) is 0 Å². The molecule has 1 aliphatic rings. The van der Waals surface area contributed by atoms with Crippen molar-refractivity contribution in [1.29, 1.82) is 0 Å². The van der Waals surface area contributed by atoms with Crippen molar-refractivity contribution in [3.63, 3.8) is 0 Å². The molecule has 0 saturated carbocycles. The van der Waals surface area contributed by atoms with Gasteiger partial charge in [0.1, 0.15) is 10.8 Å². The van der Waals surface area contributed by atoms with E-state index >= 15 is 0 Å². The van der Waals surface area contributed by atoms with Gasteiger partial charge in [-0.25, -0.2) is 4.98 Å².